The molecule has 18 N–H and O–H groups in total. The van der Waals surface area contributed by atoms with Gasteiger partial charge in [-0.05, 0) is 0 Å². The zero-order chi connectivity index (χ0) is 9.00. The zero-order valence-electron chi connectivity index (χ0n) is 7.39. The Morgan fingerprint density at radius 2 is 0.471 bits per heavy atom. The van der Waals surface area contributed by atoms with E-state index in [-0.39, 0.29) is 62.4 Å². The van der Waals surface area contributed by atoms with Crippen LogP contribution in [-0.2, 0) is 9.13 Å². The maximum atomic E-state index is 8.88. The Morgan fingerprint density at radius 1 is 0.471 bits per heavy atom. The van der Waals surface area contributed by atoms with Crippen LogP contribution in [0.15, 0.2) is 0 Å². The molecule has 0 radical (unpaired) electrons. The summed E-state index contributed by atoms with van der Waals surface area (Å²) in [5, 5.41) is 0. The van der Waals surface area contributed by atoms with E-state index in [0.717, 1.165) is 0 Å². The molecule has 0 aromatic carbocycles. The fraction of sp³-hybridized carbons (Fsp3) is 0. The number of hydrogen-bond donors (Lipinski definition) is 6. The quantitative estimate of drug-likeness (QED) is 0.182. The van der Waals surface area contributed by atoms with Crippen molar-refractivity contribution in [3.63, 3.8) is 0 Å². The van der Waals surface area contributed by atoms with Gasteiger partial charge in [-0.15, -0.1) is 0 Å². The van der Waals surface area contributed by atoms with Gasteiger partial charge in [0.2, 0.25) is 0 Å². The SMILES string of the molecule is O.O.O.O.O.O.O=P(O)(O)O.O=P(O)(O)O.[NaH]. The van der Waals surface area contributed by atoms with Gasteiger partial charge in [0.15, 0.2) is 0 Å². The van der Waals surface area contributed by atoms with Crippen LogP contribution >= 0.6 is 15.6 Å². The number of hydrogen-bond acceptors (Lipinski definition) is 2. The first kappa shape index (κ1) is 64.3. The number of phosphoric acid groups is 2. The predicted octanol–water partition coefficient (Wildman–Crippen LogP) is -7.45. The molecule has 0 aliphatic heterocycles. The Morgan fingerprint density at radius 3 is 0.471 bits per heavy atom. The Labute approximate surface area is 117 Å². The fourth-order valence-corrected chi connectivity index (χ4v) is 0. The Hall–Kier alpha value is 0.980. The Balaban J connectivity index is -0.00000000762. The summed E-state index contributed by atoms with van der Waals surface area (Å²) in [6.07, 6.45) is 0. The molecule has 0 aromatic rings. The van der Waals surface area contributed by atoms with Crippen molar-refractivity contribution in [1.29, 1.82) is 0 Å². The molecule has 0 bridgehead atoms. The van der Waals surface area contributed by atoms with Crippen LogP contribution in [0.4, 0.5) is 0 Å². The minimum absolute atomic E-state index is 0. The van der Waals surface area contributed by atoms with Crippen molar-refractivity contribution in [3.05, 3.63) is 0 Å². The van der Waals surface area contributed by atoms with Gasteiger partial charge in [-0.25, -0.2) is 9.13 Å². The summed E-state index contributed by atoms with van der Waals surface area (Å²) in [5.41, 5.74) is 0. The van der Waals surface area contributed by atoms with Crippen molar-refractivity contribution in [1.82, 2.24) is 0 Å². The molecule has 0 unspecified atom stereocenters. The molecule has 0 amide bonds. The molecule has 0 aliphatic rings. The van der Waals surface area contributed by atoms with Gasteiger partial charge in [-0.3, -0.25) is 0 Å². The van der Waals surface area contributed by atoms with E-state index in [4.69, 9.17) is 38.5 Å². The fourth-order valence-electron chi connectivity index (χ4n) is 0. The second-order valence-electron chi connectivity index (χ2n) is 1.03. The van der Waals surface area contributed by atoms with Crippen LogP contribution in [0.5, 0.6) is 0 Å². The molecule has 0 fully saturated rings. The predicted molar refractivity (Wildman–Crippen MR) is 57.4 cm³/mol. The first-order valence-electron chi connectivity index (χ1n) is 1.57. The molecular weight excluding hydrogens is 309 g/mol. The molecule has 14 nitrogen and oxygen atoms in total. The van der Waals surface area contributed by atoms with E-state index in [1.165, 1.54) is 0 Å². The van der Waals surface area contributed by atoms with Crippen molar-refractivity contribution in [2.45, 2.75) is 0 Å². The van der Waals surface area contributed by atoms with E-state index < -0.39 is 15.6 Å². The van der Waals surface area contributed by atoms with Crippen LogP contribution in [0.1, 0.15) is 0 Å². The summed E-state index contributed by atoms with van der Waals surface area (Å²) >= 11 is 0. The average molecular weight is 328 g/mol. The first-order valence-corrected chi connectivity index (χ1v) is 4.70. The Bertz CT molecular complexity index is 127. The van der Waals surface area contributed by atoms with Gasteiger partial charge in [0.05, 0.1) is 0 Å². The van der Waals surface area contributed by atoms with Gasteiger partial charge in [-0.1, -0.05) is 0 Å². The normalized spacial score (nSPS) is 6.94. The van der Waals surface area contributed by atoms with Gasteiger partial charge < -0.3 is 62.2 Å². The summed E-state index contributed by atoms with van der Waals surface area (Å²) in [6.45, 7) is 0. The van der Waals surface area contributed by atoms with Crippen molar-refractivity contribution < 1.29 is 71.3 Å². The monoisotopic (exact) mass is 328 g/mol. The summed E-state index contributed by atoms with van der Waals surface area (Å²) in [6, 6.07) is 0. The van der Waals surface area contributed by atoms with Crippen LogP contribution in [-0.4, -0.2) is 91.8 Å². The van der Waals surface area contributed by atoms with Crippen molar-refractivity contribution >= 4 is 45.2 Å². The molecule has 0 heterocycles. The van der Waals surface area contributed by atoms with Crippen LogP contribution in [0.2, 0.25) is 0 Å². The second-order valence-corrected chi connectivity index (χ2v) is 3.08. The third-order valence-electron chi connectivity index (χ3n) is 0. The minimum atomic E-state index is -4.64. The molecule has 0 spiro atoms. The van der Waals surface area contributed by atoms with Crippen LogP contribution < -0.4 is 0 Å². The van der Waals surface area contributed by atoms with Gasteiger partial charge >= 0.3 is 45.2 Å². The Kier molecular flexibility index (Phi) is 97.3. The molecule has 0 aromatic heterocycles. The third-order valence-corrected chi connectivity index (χ3v) is 0. The molecule has 0 saturated heterocycles. The van der Waals surface area contributed by atoms with E-state index in [0.29, 0.717) is 0 Å². The van der Waals surface area contributed by atoms with E-state index in [9.17, 15) is 0 Å². The molecule has 17 heavy (non-hydrogen) atoms. The molecule has 17 heteroatoms. The average Bonchev–Trinajstić information content (AvgIpc) is 1.12. The molecule has 0 saturated carbocycles. The molecule has 0 rings (SSSR count). The summed E-state index contributed by atoms with van der Waals surface area (Å²) in [4.78, 5) is 43.1. The zero-order valence-corrected chi connectivity index (χ0v) is 9.18. The van der Waals surface area contributed by atoms with Gasteiger partial charge in [-0.2, -0.15) is 0 Å². The van der Waals surface area contributed by atoms with E-state index in [1.807, 2.05) is 0 Å². The molecule has 0 aliphatic carbocycles. The van der Waals surface area contributed by atoms with E-state index >= 15 is 0 Å². The van der Waals surface area contributed by atoms with Gasteiger partial charge in [0.25, 0.3) is 0 Å². The van der Waals surface area contributed by atoms with Gasteiger partial charge in [0.1, 0.15) is 0 Å². The van der Waals surface area contributed by atoms with E-state index in [1.54, 1.807) is 0 Å². The van der Waals surface area contributed by atoms with Crippen molar-refractivity contribution in [2.75, 3.05) is 0 Å². The topological polar surface area (TPSA) is 345 Å². The first-order chi connectivity index (χ1) is 4.00. The molecular formula is H19NaO14P2. The number of rotatable bonds is 0. The van der Waals surface area contributed by atoms with Crippen LogP contribution in [0.25, 0.3) is 0 Å². The van der Waals surface area contributed by atoms with Crippen molar-refractivity contribution in [3.8, 4) is 0 Å². The van der Waals surface area contributed by atoms with Crippen LogP contribution in [0.3, 0.4) is 0 Å². The van der Waals surface area contributed by atoms with E-state index in [2.05, 4.69) is 0 Å². The van der Waals surface area contributed by atoms with Crippen LogP contribution in [0, 0.1) is 0 Å². The standard InChI is InChI=1S/Na.2H3O4P.6H2O.H/c;2*1-5(2,3)4;;;;;;;/h;2*(H3,1,2,3,4);6*1H2;. The van der Waals surface area contributed by atoms with Crippen molar-refractivity contribution in [2.24, 2.45) is 0 Å². The molecule has 114 valence electrons. The van der Waals surface area contributed by atoms with Gasteiger partial charge in [0, 0.05) is 0 Å². The third kappa shape index (κ3) is 3970. The summed E-state index contributed by atoms with van der Waals surface area (Å²) < 4.78 is 17.8. The summed E-state index contributed by atoms with van der Waals surface area (Å²) in [5.74, 6) is 0. The maximum absolute atomic E-state index is 8.88. The second kappa shape index (κ2) is 25.7. The summed E-state index contributed by atoms with van der Waals surface area (Å²) in [7, 11) is -9.28. The molecule has 0 atom stereocenters.